The molecule has 0 aliphatic heterocycles. The summed E-state index contributed by atoms with van der Waals surface area (Å²) in [6.07, 6.45) is 3.40. The van der Waals surface area contributed by atoms with E-state index in [2.05, 4.69) is 21.2 Å². The minimum absolute atomic E-state index is 0.0208. The summed E-state index contributed by atoms with van der Waals surface area (Å²) >= 11 is 5.10. The monoisotopic (exact) mass is 287 g/mol. The van der Waals surface area contributed by atoms with Crippen molar-refractivity contribution in [2.75, 3.05) is 5.33 Å². The summed E-state index contributed by atoms with van der Waals surface area (Å²) in [5, 5.41) is 5.91. The molecule has 1 N–H and O–H groups in total. The summed E-state index contributed by atoms with van der Waals surface area (Å²) in [5.74, 6) is 0.0681. The topological polar surface area (TPSA) is 29.1 Å². The van der Waals surface area contributed by atoms with Gasteiger partial charge in [-0.05, 0) is 32.3 Å². The van der Waals surface area contributed by atoms with E-state index in [4.69, 9.17) is 0 Å². The molecule has 1 aromatic heterocycles. The molecule has 0 bridgehead atoms. The molecule has 1 aromatic rings. The van der Waals surface area contributed by atoms with Crippen LogP contribution in [0.4, 0.5) is 0 Å². The van der Waals surface area contributed by atoms with Crippen LogP contribution in [-0.4, -0.2) is 16.8 Å². The number of amides is 1. The summed E-state index contributed by atoms with van der Waals surface area (Å²) in [7, 11) is 0. The van der Waals surface area contributed by atoms with Gasteiger partial charge in [-0.2, -0.15) is 0 Å². The predicted octanol–water partition coefficient (Wildman–Crippen LogP) is 3.10. The summed E-state index contributed by atoms with van der Waals surface area (Å²) in [5.41, 5.74) is 0.817. The van der Waals surface area contributed by atoms with Crippen molar-refractivity contribution in [3.05, 3.63) is 21.9 Å². The molecule has 0 spiro atoms. The number of alkyl halides is 1. The second-order valence-corrected chi connectivity index (χ2v) is 5.84. The van der Waals surface area contributed by atoms with E-state index >= 15 is 0 Å². The van der Waals surface area contributed by atoms with Gasteiger partial charge in [0.1, 0.15) is 0 Å². The molecular formula is C11H14BrNOS. The molecular weight excluding hydrogens is 274 g/mol. The molecule has 1 fully saturated rings. The number of aryl methyl sites for hydroxylation is 1. The maximum atomic E-state index is 11.9. The van der Waals surface area contributed by atoms with E-state index in [0.717, 1.165) is 23.7 Å². The third-order valence-corrected chi connectivity index (χ3v) is 4.87. The van der Waals surface area contributed by atoms with E-state index < -0.39 is 0 Å². The molecule has 0 aromatic carbocycles. The number of rotatable bonds is 3. The van der Waals surface area contributed by atoms with Crippen molar-refractivity contribution in [1.82, 2.24) is 5.32 Å². The zero-order chi connectivity index (χ0) is 10.9. The van der Waals surface area contributed by atoms with Crippen LogP contribution in [0.1, 0.15) is 34.5 Å². The quantitative estimate of drug-likeness (QED) is 0.851. The lowest BCUT2D eigenvalue weighted by Crippen LogP contribution is -2.54. The van der Waals surface area contributed by atoms with Crippen molar-refractivity contribution < 1.29 is 4.79 Å². The van der Waals surface area contributed by atoms with Crippen molar-refractivity contribution in [3.8, 4) is 0 Å². The Morgan fingerprint density at radius 1 is 1.67 bits per heavy atom. The zero-order valence-corrected chi connectivity index (χ0v) is 11.1. The molecule has 1 aliphatic carbocycles. The number of carbonyl (C=O) groups is 1. The van der Waals surface area contributed by atoms with E-state index in [9.17, 15) is 4.79 Å². The molecule has 0 saturated heterocycles. The Balaban J connectivity index is 2.03. The second-order valence-electron chi connectivity index (χ2n) is 4.17. The fraction of sp³-hybridized carbons (Fsp3) is 0.545. The lowest BCUT2D eigenvalue weighted by atomic mass is 9.78. The van der Waals surface area contributed by atoms with Gasteiger partial charge in [-0.3, -0.25) is 4.79 Å². The van der Waals surface area contributed by atoms with Crippen molar-refractivity contribution in [2.24, 2.45) is 0 Å². The summed E-state index contributed by atoms with van der Waals surface area (Å²) in [4.78, 5) is 13.1. The van der Waals surface area contributed by atoms with Gasteiger partial charge in [0.15, 0.2) is 0 Å². The normalized spacial score (nSPS) is 18.3. The van der Waals surface area contributed by atoms with Crippen molar-refractivity contribution >= 4 is 33.2 Å². The largest absolute Gasteiger partial charge is 0.346 e. The van der Waals surface area contributed by atoms with Crippen LogP contribution in [0.5, 0.6) is 0 Å². The Kier molecular flexibility index (Phi) is 3.16. The Bertz CT molecular complexity index is 365. The van der Waals surface area contributed by atoms with Crippen LogP contribution >= 0.6 is 27.3 Å². The SMILES string of the molecule is Cc1cc(C(=O)NC2(CBr)CCC2)cs1. The smallest absolute Gasteiger partial charge is 0.252 e. The number of hydrogen-bond donors (Lipinski definition) is 1. The average molecular weight is 288 g/mol. The van der Waals surface area contributed by atoms with E-state index in [-0.39, 0.29) is 11.4 Å². The van der Waals surface area contributed by atoms with Crippen molar-refractivity contribution in [2.45, 2.75) is 31.7 Å². The standard InChI is InChI=1S/C11H14BrNOS/c1-8-5-9(6-15-8)10(14)13-11(7-12)3-2-4-11/h5-6H,2-4,7H2,1H3,(H,13,14). The number of halogens is 1. The summed E-state index contributed by atoms with van der Waals surface area (Å²) in [6, 6.07) is 1.95. The molecule has 1 heterocycles. The average Bonchev–Trinajstić information content (AvgIpc) is 2.58. The lowest BCUT2D eigenvalue weighted by molar-refractivity contribution is 0.0857. The maximum absolute atomic E-state index is 11.9. The van der Waals surface area contributed by atoms with Gasteiger partial charge in [0, 0.05) is 15.6 Å². The third-order valence-electron chi connectivity index (χ3n) is 2.94. The molecule has 2 nitrogen and oxygen atoms in total. The van der Waals surface area contributed by atoms with Crippen molar-refractivity contribution in [1.29, 1.82) is 0 Å². The number of thiophene rings is 1. The molecule has 82 valence electrons. The Hall–Kier alpha value is -0.350. The fourth-order valence-electron chi connectivity index (χ4n) is 1.77. The highest BCUT2D eigenvalue weighted by atomic mass is 79.9. The second kappa shape index (κ2) is 4.26. The minimum Gasteiger partial charge on any atom is -0.346 e. The molecule has 15 heavy (non-hydrogen) atoms. The van der Waals surface area contributed by atoms with E-state index in [1.807, 2.05) is 18.4 Å². The summed E-state index contributed by atoms with van der Waals surface area (Å²) < 4.78 is 0. The Morgan fingerprint density at radius 3 is 2.80 bits per heavy atom. The van der Waals surface area contributed by atoms with Crippen LogP contribution in [0.25, 0.3) is 0 Å². The van der Waals surface area contributed by atoms with Crippen LogP contribution in [0, 0.1) is 6.92 Å². The predicted molar refractivity (Wildman–Crippen MR) is 66.9 cm³/mol. The number of hydrogen-bond acceptors (Lipinski definition) is 2. The van der Waals surface area contributed by atoms with Gasteiger partial charge in [0.2, 0.25) is 0 Å². The van der Waals surface area contributed by atoms with Gasteiger partial charge in [0.25, 0.3) is 5.91 Å². The van der Waals surface area contributed by atoms with Crippen LogP contribution in [0.2, 0.25) is 0 Å². The van der Waals surface area contributed by atoms with Crippen molar-refractivity contribution in [3.63, 3.8) is 0 Å². The van der Waals surface area contributed by atoms with E-state index in [1.54, 1.807) is 11.3 Å². The number of nitrogens with one attached hydrogen (secondary N) is 1. The Morgan fingerprint density at radius 2 is 2.40 bits per heavy atom. The molecule has 1 amide bonds. The first-order chi connectivity index (χ1) is 7.15. The van der Waals surface area contributed by atoms with Crippen LogP contribution in [0.15, 0.2) is 11.4 Å². The van der Waals surface area contributed by atoms with Gasteiger partial charge >= 0.3 is 0 Å². The number of carbonyl (C=O) groups excluding carboxylic acids is 1. The van der Waals surface area contributed by atoms with Gasteiger partial charge in [-0.25, -0.2) is 0 Å². The highest BCUT2D eigenvalue weighted by Gasteiger charge is 2.37. The highest BCUT2D eigenvalue weighted by molar-refractivity contribution is 9.09. The van der Waals surface area contributed by atoms with E-state index in [1.165, 1.54) is 11.3 Å². The third kappa shape index (κ3) is 2.26. The molecule has 1 saturated carbocycles. The highest BCUT2D eigenvalue weighted by Crippen LogP contribution is 2.33. The first kappa shape index (κ1) is 11.1. The fourth-order valence-corrected chi connectivity index (χ4v) is 3.15. The first-order valence-corrected chi connectivity index (χ1v) is 7.09. The van der Waals surface area contributed by atoms with Gasteiger partial charge in [0.05, 0.1) is 11.1 Å². The van der Waals surface area contributed by atoms with Gasteiger partial charge in [-0.15, -0.1) is 11.3 Å². The summed E-state index contributed by atoms with van der Waals surface area (Å²) in [6.45, 7) is 2.02. The first-order valence-electron chi connectivity index (χ1n) is 5.09. The molecule has 0 atom stereocenters. The van der Waals surface area contributed by atoms with Gasteiger partial charge < -0.3 is 5.32 Å². The zero-order valence-electron chi connectivity index (χ0n) is 8.68. The lowest BCUT2D eigenvalue weighted by Gasteiger charge is -2.41. The molecule has 2 rings (SSSR count). The Labute approximate surface area is 102 Å². The van der Waals surface area contributed by atoms with Crippen LogP contribution < -0.4 is 5.32 Å². The molecule has 0 radical (unpaired) electrons. The molecule has 4 heteroatoms. The molecule has 0 unspecified atom stereocenters. The van der Waals surface area contributed by atoms with Crippen LogP contribution in [-0.2, 0) is 0 Å². The van der Waals surface area contributed by atoms with Gasteiger partial charge in [-0.1, -0.05) is 15.9 Å². The minimum atomic E-state index is 0.0208. The van der Waals surface area contributed by atoms with Crippen LogP contribution in [0.3, 0.4) is 0 Å². The molecule has 1 aliphatic rings. The maximum Gasteiger partial charge on any atom is 0.252 e. The van der Waals surface area contributed by atoms with E-state index in [0.29, 0.717) is 0 Å².